The summed E-state index contributed by atoms with van der Waals surface area (Å²) in [5.74, 6) is 0.716. The van der Waals surface area contributed by atoms with E-state index in [4.69, 9.17) is 4.74 Å². The summed E-state index contributed by atoms with van der Waals surface area (Å²) in [5.41, 5.74) is 0.0123. The van der Waals surface area contributed by atoms with Gasteiger partial charge in [0, 0.05) is 25.6 Å². The number of anilines is 1. The van der Waals surface area contributed by atoms with Gasteiger partial charge in [-0.2, -0.15) is 0 Å². The number of hydrogen-bond acceptors (Lipinski definition) is 5. The van der Waals surface area contributed by atoms with Gasteiger partial charge in [-0.1, -0.05) is 0 Å². The van der Waals surface area contributed by atoms with Gasteiger partial charge in [-0.15, -0.1) is 5.10 Å². The molecule has 1 aliphatic heterocycles. The van der Waals surface area contributed by atoms with E-state index in [0.29, 0.717) is 18.3 Å². The zero-order valence-electron chi connectivity index (χ0n) is 9.92. The second-order valence-corrected chi connectivity index (χ2v) is 4.35. The highest BCUT2D eigenvalue weighted by Gasteiger charge is 2.26. The predicted molar refractivity (Wildman–Crippen MR) is 61.9 cm³/mol. The van der Waals surface area contributed by atoms with Crippen molar-refractivity contribution in [2.75, 3.05) is 18.5 Å². The highest BCUT2D eigenvalue weighted by Crippen LogP contribution is 2.25. The molecule has 2 atom stereocenters. The number of nitrogens with one attached hydrogen (secondary N) is 1. The Balaban J connectivity index is 2.09. The molecule has 1 aliphatic rings. The number of nitro groups is 1. The van der Waals surface area contributed by atoms with Crippen LogP contribution in [0, 0.1) is 16.0 Å². The van der Waals surface area contributed by atoms with Gasteiger partial charge in [-0.3, -0.25) is 14.8 Å². The minimum Gasteiger partial charge on any atom is -0.381 e. The van der Waals surface area contributed by atoms with Crippen LogP contribution in [0.15, 0.2) is 6.20 Å². The minimum absolute atomic E-state index is 0.0123. The first-order valence-corrected chi connectivity index (χ1v) is 5.60. The maximum Gasteiger partial charge on any atom is 0.330 e. The third kappa shape index (κ3) is 2.55. The average Bonchev–Trinajstić information content (AvgIpc) is 2.86. The maximum atomic E-state index is 10.8. The molecule has 94 valence electrons. The summed E-state index contributed by atoms with van der Waals surface area (Å²) in [6.07, 6.45) is 2.38. The van der Waals surface area contributed by atoms with Gasteiger partial charge in [0.25, 0.3) is 0 Å². The Bertz CT molecular complexity index is 412. The van der Waals surface area contributed by atoms with Crippen LogP contribution in [0.2, 0.25) is 0 Å². The van der Waals surface area contributed by atoms with Crippen molar-refractivity contribution < 1.29 is 9.66 Å². The molecule has 0 amide bonds. The van der Waals surface area contributed by atoms with Gasteiger partial charge < -0.3 is 10.1 Å². The summed E-state index contributed by atoms with van der Waals surface area (Å²) < 4.78 is 6.74. The number of hydrogen-bond donors (Lipinski definition) is 1. The van der Waals surface area contributed by atoms with Crippen LogP contribution in [0.3, 0.4) is 0 Å². The van der Waals surface area contributed by atoms with Gasteiger partial charge in [0.15, 0.2) is 0 Å². The molecule has 1 fully saturated rings. The molecule has 0 bridgehead atoms. The lowest BCUT2D eigenvalue weighted by molar-refractivity contribution is -0.384. The Hall–Kier alpha value is -1.63. The molecule has 0 spiro atoms. The second-order valence-electron chi connectivity index (χ2n) is 4.35. The van der Waals surface area contributed by atoms with Crippen LogP contribution in [-0.2, 0) is 11.8 Å². The SMILES string of the molecule is CC(Nc1nn(C)cc1[N+](=O)[O-])C1CCOC1. The number of rotatable bonds is 4. The van der Waals surface area contributed by atoms with E-state index >= 15 is 0 Å². The Kier molecular flexibility index (Phi) is 3.28. The third-order valence-corrected chi connectivity index (χ3v) is 3.04. The Labute approximate surface area is 98.9 Å². The smallest absolute Gasteiger partial charge is 0.330 e. The molecule has 0 aromatic carbocycles. The molecule has 2 rings (SSSR count). The van der Waals surface area contributed by atoms with Crippen LogP contribution in [0.25, 0.3) is 0 Å². The van der Waals surface area contributed by atoms with Crippen molar-refractivity contribution in [3.63, 3.8) is 0 Å². The molecule has 7 nitrogen and oxygen atoms in total. The molecule has 1 aromatic heterocycles. The van der Waals surface area contributed by atoms with E-state index in [1.54, 1.807) is 7.05 Å². The van der Waals surface area contributed by atoms with E-state index in [1.165, 1.54) is 10.9 Å². The Morgan fingerprint density at radius 3 is 3.12 bits per heavy atom. The number of nitrogens with zero attached hydrogens (tertiary/aromatic N) is 3. The van der Waals surface area contributed by atoms with Gasteiger partial charge in [0.2, 0.25) is 5.82 Å². The topological polar surface area (TPSA) is 82.2 Å². The van der Waals surface area contributed by atoms with E-state index in [9.17, 15) is 10.1 Å². The first-order valence-electron chi connectivity index (χ1n) is 5.60. The highest BCUT2D eigenvalue weighted by molar-refractivity contribution is 5.55. The van der Waals surface area contributed by atoms with E-state index in [1.807, 2.05) is 6.92 Å². The summed E-state index contributed by atoms with van der Waals surface area (Å²) in [6.45, 7) is 3.47. The molecule has 0 radical (unpaired) electrons. The fourth-order valence-corrected chi connectivity index (χ4v) is 1.99. The molecule has 0 aliphatic carbocycles. The molecule has 17 heavy (non-hydrogen) atoms. The zero-order chi connectivity index (χ0) is 12.4. The van der Waals surface area contributed by atoms with E-state index in [0.717, 1.165) is 13.0 Å². The van der Waals surface area contributed by atoms with Crippen molar-refractivity contribution >= 4 is 11.5 Å². The molecule has 1 aromatic rings. The fourth-order valence-electron chi connectivity index (χ4n) is 1.99. The van der Waals surface area contributed by atoms with E-state index in [2.05, 4.69) is 10.4 Å². The molecule has 1 saturated heterocycles. The van der Waals surface area contributed by atoms with Gasteiger partial charge in [0.05, 0.1) is 11.5 Å². The average molecular weight is 240 g/mol. The van der Waals surface area contributed by atoms with Crippen molar-refractivity contribution in [3.05, 3.63) is 16.3 Å². The summed E-state index contributed by atoms with van der Waals surface area (Å²) >= 11 is 0. The van der Waals surface area contributed by atoms with Gasteiger partial charge in [-0.05, 0) is 13.3 Å². The summed E-state index contributed by atoms with van der Waals surface area (Å²) in [5, 5.41) is 18.0. The minimum atomic E-state index is -0.423. The van der Waals surface area contributed by atoms with Crippen molar-refractivity contribution in [1.29, 1.82) is 0 Å². The predicted octanol–water partition coefficient (Wildman–Crippen LogP) is 1.17. The summed E-state index contributed by atoms with van der Waals surface area (Å²) in [7, 11) is 1.67. The standard InChI is InChI=1S/C10H16N4O3/c1-7(8-3-4-17-6-8)11-10-9(14(15)16)5-13(2)12-10/h5,7-8H,3-4,6H2,1-2H3,(H,11,12). The first kappa shape index (κ1) is 11.8. The van der Waals surface area contributed by atoms with Crippen molar-refractivity contribution in [3.8, 4) is 0 Å². The molecule has 0 saturated carbocycles. The number of aromatic nitrogens is 2. The molecule has 2 heterocycles. The zero-order valence-corrected chi connectivity index (χ0v) is 9.92. The maximum absolute atomic E-state index is 10.8. The lowest BCUT2D eigenvalue weighted by Crippen LogP contribution is -2.26. The van der Waals surface area contributed by atoms with Crippen LogP contribution in [0.5, 0.6) is 0 Å². The van der Waals surface area contributed by atoms with Crippen molar-refractivity contribution in [1.82, 2.24) is 9.78 Å². The Morgan fingerprint density at radius 2 is 2.53 bits per heavy atom. The third-order valence-electron chi connectivity index (χ3n) is 3.04. The van der Waals surface area contributed by atoms with Gasteiger partial charge in [-0.25, -0.2) is 0 Å². The van der Waals surface area contributed by atoms with Crippen LogP contribution < -0.4 is 5.32 Å². The molecule has 2 unspecified atom stereocenters. The van der Waals surface area contributed by atoms with Crippen LogP contribution in [0.1, 0.15) is 13.3 Å². The molecule has 1 N–H and O–H groups in total. The van der Waals surface area contributed by atoms with Crippen LogP contribution in [0.4, 0.5) is 11.5 Å². The molecular formula is C10H16N4O3. The molecular weight excluding hydrogens is 224 g/mol. The Morgan fingerprint density at radius 1 is 1.76 bits per heavy atom. The summed E-state index contributed by atoms with van der Waals surface area (Å²) in [4.78, 5) is 10.4. The molecule has 7 heteroatoms. The van der Waals surface area contributed by atoms with Crippen molar-refractivity contribution in [2.45, 2.75) is 19.4 Å². The monoisotopic (exact) mass is 240 g/mol. The van der Waals surface area contributed by atoms with E-state index < -0.39 is 4.92 Å². The fraction of sp³-hybridized carbons (Fsp3) is 0.700. The quantitative estimate of drug-likeness (QED) is 0.631. The van der Waals surface area contributed by atoms with Crippen molar-refractivity contribution in [2.24, 2.45) is 13.0 Å². The van der Waals surface area contributed by atoms with Gasteiger partial charge >= 0.3 is 5.69 Å². The number of aryl methyl sites for hydroxylation is 1. The van der Waals surface area contributed by atoms with Crippen LogP contribution in [-0.4, -0.2) is 34.0 Å². The lowest BCUT2D eigenvalue weighted by atomic mass is 10.0. The first-order chi connectivity index (χ1) is 8.08. The largest absolute Gasteiger partial charge is 0.381 e. The lowest BCUT2D eigenvalue weighted by Gasteiger charge is -2.18. The number of ether oxygens (including phenoxy) is 1. The second kappa shape index (κ2) is 4.70. The normalized spacial score (nSPS) is 21.4. The highest BCUT2D eigenvalue weighted by atomic mass is 16.6. The summed E-state index contributed by atoms with van der Waals surface area (Å²) in [6, 6.07) is 0.117. The van der Waals surface area contributed by atoms with Gasteiger partial charge in [0.1, 0.15) is 6.20 Å². The van der Waals surface area contributed by atoms with E-state index in [-0.39, 0.29) is 11.7 Å². The van der Waals surface area contributed by atoms with Crippen LogP contribution >= 0.6 is 0 Å².